The molecule has 0 unspecified atom stereocenters. The number of anilines is 2. The maximum atomic E-state index is 4.84. The second-order valence-corrected chi connectivity index (χ2v) is 13.3. The van der Waals surface area contributed by atoms with Crippen molar-refractivity contribution in [2.24, 2.45) is 0 Å². The summed E-state index contributed by atoms with van der Waals surface area (Å²) in [5.41, 5.74) is 8.78. The van der Waals surface area contributed by atoms with E-state index in [2.05, 4.69) is 117 Å². The van der Waals surface area contributed by atoms with Crippen molar-refractivity contribution in [3.05, 3.63) is 105 Å². The highest BCUT2D eigenvalue weighted by Gasteiger charge is 2.20. The highest BCUT2D eigenvalue weighted by atomic mass is 32.1. The van der Waals surface area contributed by atoms with Gasteiger partial charge in [-0.05, 0) is 35.4 Å². The minimum atomic E-state index is 0.0607. The molecule has 2 aromatic heterocycles. The average Bonchev–Trinajstić information content (AvgIpc) is 3.64. The lowest BCUT2D eigenvalue weighted by Crippen LogP contribution is -2.46. The minimum absolute atomic E-state index is 0.0607. The maximum absolute atomic E-state index is 4.84. The van der Waals surface area contributed by atoms with E-state index in [0.29, 0.717) is 5.92 Å². The first-order valence-corrected chi connectivity index (χ1v) is 15.4. The zero-order valence-electron chi connectivity index (χ0n) is 23.7. The van der Waals surface area contributed by atoms with E-state index in [1.165, 1.54) is 11.4 Å². The fraction of sp³-hybridized carbons (Fsp3) is 0.333. The first-order valence-electron chi connectivity index (χ1n) is 13.6. The van der Waals surface area contributed by atoms with Gasteiger partial charge in [-0.25, -0.2) is 9.97 Å². The number of thiazole rings is 2. The van der Waals surface area contributed by atoms with E-state index in [1.807, 2.05) is 0 Å². The molecule has 2 aromatic carbocycles. The summed E-state index contributed by atoms with van der Waals surface area (Å²) in [5, 5.41) is 6.55. The molecule has 1 fully saturated rings. The molecule has 0 saturated carbocycles. The van der Waals surface area contributed by atoms with Crippen molar-refractivity contribution in [1.82, 2.24) is 9.97 Å². The molecule has 1 saturated heterocycles. The molecule has 5 rings (SSSR count). The zero-order chi connectivity index (χ0) is 27.7. The quantitative estimate of drug-likeness (QED) is 0.229. The fourth-order valence-electron chi connectivity index (χ4n) is 4.71. The molecule has 202 valence electrons. The van der Waals surface area contributed by atoms with E-state index < -0.39 is 0 Å². The van der Waals surface area contributed by atoms with Crippen LogP contribution in [0.1, 0.15) is 73.1 Å². The molecule has 4 aromatic rings. The van der Waals surface area contributed by atoms with Gasteiger partial charge in [0.1, 0.15) is 0 Å². The van der Waals surface area contributed by atoms with Crippen LogP contribution in [0.2, 0.25) is 0 Å². The van der Waals surface area contributed by atoms with E-state index in [0.717, 1.165) is 69.9 Å². The third-order valence-corrected chi connectivity index (χ3v) is 9.63. The molecule has 0 spiro atoms. The Balaban J connectivity index is 1.18. The Morgan fingerprint density at radius 2 is 1.15 bits per heavy atom. The molecule has 0 aliphatic carbocycles. The van der Waals surface area contributed by atoms with Crippen LogP contribution in [0.25, 0.3) is 11.1 Å². The molecule has 4 nitrogen and oxygen atoms in total. The number of hydrogen-bond acceptors (Lipinski definition) is 6. The van der Waals surface area contributed by atoms with Gasteiger partial charge in [0.15, 0.2) is 0 Å². The van der Waals surface area contributed by atoms with Crippen molar-refractivity contribution in [3.8, 4) is 0 Å². The van der Waals surface area contributed by atoms with Gasteiger partial charge in [-0.1, -0.05) is 72.0 Å². The molecular formula is C33H38N4S2. The van der Waals surface area contributed by atoms with Crippen LogP contribution in [-0.4, -0.2) is 36.1 Å². The van der Waals surface area contributed by atoms with Crippen molar-refractivity contribution in [3.63, 3.8) is 0 Å². The molecule has 1 aliphatic heterocycles. The predicted octanol–water partition coefficient (Wildman–Crippen LogP) is 8.47. The van der Waals surface area contributed by atoms with E-state index in [1.54, 1.807) is 22.7 Å². The Labute approximate surface area is 241 Å². The summed E-state index contributed by atoms with van der Waals surface area (Å²) in [7, 11) is 0. The van der Waals surface area contributed by atoms with Gasteiger partial charge in [-0.2, -0.15) is 0 Å². The van der Waals surface area contributed by atoms with Gasteiger partial charge in [0, 0.05) is 70.8 Å². The lowest BCUT2D eigenvalue weighted by molar-refractivity contribution is 0.585. The molecule has 0 bridgehead atoms. The van der Waals surface area contributed by atoms with Crippen molar-refractivity contribution >= 4 is 45.2 Å². The van der Waals surface area contributed by atoms with Crippen molar-refractivity contribution in [2.45, 2.75) is 46.0 Å². The Kier molecular flexibility index (Phi) is 7.79. The summed E-state index contributed by atoms with van der Waals surface area (Å²) in [6.07, 6.45) is 0. The summed E-state index contributed by atoms with van der Waals surface area (Å²) in [6, 6.07) is 17.6. The second-order valence-electron chi connectivity index (χ2n) is 11.5. The van der Waals surface area contributed by atoms with Crippen LogP contribution in [0.3, 0.4) is 0 Å². The van der Waals surface area contributed by atoms with E-state index in [4.69, 9.17) is 9.97 Å². The van der Waals surface area contributed by atoms with Crippen LogP contribution in [0.15, 0.2) is 72.4 Å². The van der Waals surface area contributed by atoms with Gasteiger partial charge in [0.05, 0.1) is 21.4 Å². The summed E-state index contributed by atoms with van der Waals surface area (Å²) in [4.78, 5) is 14.5. The number of aromatic nitrogens is 2. The standard InChI is InChI=1S/C33H38N4S2/c1-22(2)31-34-29(20-38-31)23(3)25-8-12-27(13-9-25)36-16-18-37(19-17-36)28-14-10-26(11-15-28)24(4)30-21-39-32(35-30)33(5,6)7/h8-15,20-22H,3-4,16-19H2,1-2,5-7H3. The fourth-order valence-corrected chi connectivity index (χ4v) is 6.49. The molecule has 39 heavy (non-hydrogen) atoms. The highest BCUT2D eigenvalue weighted by Crippen LogP contribution is 2.32. The molecule has 1 aliphatic rings. The van der Waals surface area contributed by atoms with E-state index in [-0.39, 0.29) is 5.41 Å². The normalized spacial score (nSPS) is 14.2. The number of benzene rings is 2. The van der Waals surface area contributed by atoms with E-state index >= 15 is 0 Å². The van der Waals surface area contributed by atoms with Gasteiger partial charge in [0.25, 0.3) is 0 Å². The topological polar surface area (TPSA) is 32.3 Å². The molecule has 3 heterocycles. The molecule has 0 radical (unpaired) electrons. The molecule has 0 N–H and O–H groups in total. The van der Waals surface area contributed by atoms with Gasteiger partial charge >= 0.3 is 0 Å². The molecule has 0 atom stereocenters. The monoisotopic (exact) mass is 554 g/mol. The Bertz CT molecular complexity index is 1440. The van der Waals surface area contributed by atoms with Crippen molar-refractivity contribution in [2.75, 3.05) is 36.0 Å². The van der Waals surface area contributed by atoms with Crippen LogP contribution in [-0.2, 0) is 5.41 Å². The number of hydrogen-bond donors (Lipinski definition) is 0. The highest BCUT2D eigenvalue weighted by molar-refractivity contribution is 7.10. The van der Waals surface area contributed by atoms with E-state index in [9.17, 15) is 0 Å². The number of rotatable bonds is 7. The Hall–Kier alpha value is -3.22. The lowest BCUT2D eigenvalue weighted by atomic mass is 9.98. The smallest absolute Gasteiger partial charge is 0.0986 e. The van der Waals surface area contributed by atoms with Crippen molar-refractivity contribution in [1.29, 1.82) is 0 Å². The zero-order valence-corrected chi connectivity index (χ0v) is 25.3. The third-order valence-electron chi connectivity index (χ3n) is 7.22. The van der Waals surface area contributed by atoms with Gasteiger partial charge < -0.3 is 9.80 Å². The van der Waals surface area contributed by atoms with Gasteiger partial charge in [-0.3, -0.25) is 0 Å². The number of piperazine rings is 1. The molecular weight excluding hydrogens is 517 g/mol. The first kappa shape index (κ1) is 27.4. The second kappa shape index (κ2) is 11.1. The van der Waals surface area contributed by atoms with Crippen molar-refractivity contribution < 1.29 is 0 Å². The van der Waals surface area contributed by atoms with Gasteiger partial charge in [-0.15, -0.1) is 22.7 Å². The largest absolute Gasteiger partial charge is 0.368 e. The minimum Gasteiger partial charge on any atom is -0.368 e. The third kappa shape index (κ3) is 6.02. The van der Waals surface area contributed by atoms with Gasteiger partial charge in [0.2, 0.25) is 0 Å². The lowest BCUT2D eigenvalue weighted by Gasteiger charge is -2.37. The van der Waals surface area contributed by atoms with Crippen LogP contribution >= 0.6 is 22.7 Å². The molecule has 6 heteroatoms. The predicted molar refractivity (Wildman–Crippen MR) is 171 cm³/mol. The van der Waals surface area contributed by atoms with Crippen LogP contribution in [0.5, 0.6) is 0 Å². The maximum Gasteiger partial charge on any atom is 0.0986 e. The van der Waals surface area contributed by atoms with Crippen LogP contribution in [0.4, 0.5) is 11.4 Å². The van der Waals surface area contributed by atoms with Crippen LogP contribution in [0, 0.1) is 0 Å². The number of nitrogens with zero attached hydrogens (tertiary/aromatic N) is 4. The average molecular weight is 555 g/mol. The first-order chi connectivity index (χ1) is 18.6. The summed E-state index contributed by atoms with van der Waals surface area (Å²) < 4.78 is 0. The Morgan fingerprint density at radius 3 is 1.54 bits per heavy atom. The SMILES string of the molecule is C=C(c1ccc(N2CCN(c3ccc(C(=C)c4csc(C(C)(C)C)n4)cc3)CC2)cc1)c1csc(C(C)C)n1. The summed E-state index contributed by atoms with van der Waals surface area (Å²) in [6.45, 7) is 23.6. The van der Waals surface area contributed by atoms with Crippen LogP contribution < -0.4 is 9.80 Å². The summed E-state index contributed by atoms with van der Waals surface area (Å²) >= 11 is 3.43. The summed E-state index contributed by atoms with van der Waals surface area (Å²) in [5.74, 6) is 0.445. The Morgan fingerprint density at radius 1 is 0.718 bits per heavy atom. The molecule has 0 amide bonds.